The normalized spacial score (nSPS) is 41.2. The van der Waals surface area contributed by atoms with Crippen LogP contribution in [-0.4, -0.2) is 5.78 Å². The minimum atomic E-state index is 0.227. The van der Waals surface area contributed by atoms with E-state index in [1.54, 1.807) is 0 Å². The fraction of sp³-hybridized carbons (Fsp3) is 0.806. The van der Waals surface area contributed by atoms with E-state index in [0.29, 0.717) is 10.8 Å². The van der Waals surface area contributed by atoms with Crippen LogP contribution >= 0.6 is 0 Å². The second-order valence-corrected chi connectivity index (χ2v) is 13.3. The average molecular weight is 509 g/mol. The number of rotatable bonds is 4. The zero-order valence-corrected chi connectivity index (χ0v) is 26.1. The Morgan fingerprint density at radius 2 is 1.73 bits per heavy atom. The summed E-state index contributed by atoms with van der Waals surface area (Å²) in [5.74, 6) is 5.43. The van der Waals surface area contributed by atoms with Gasteiger partial charge in [-0.1, -0.05) is 105 Å². The number of carbonyl (C=O) groups is 1. The van der Waals surface area contributed by atoms with E-state index in [-0.39, 0.29) is 11.2 Å². The van der Waals surface area contributed by atoms with Crippen LogP contribution in [0.2, 0.25) is 0 Å². The second kappa shape index (κ2) is 12.0. The molecule has 8 atom stereocenters. The van der Waals surface area contributed by atoms with Gasteiger partial charge in [0.2, 0.25) is 0 Å². The van der Waals surface area contributed by atoms with Gasteiger partial charge in [-0.15, -0.1) is 0 Å². The molecule has 0 saturated heterocycles. The van der Waals surface area contributed by atoms with E-state index in [1.165, 1.54) is 75.4 Å². The number of hydrogen-bond donors (Lipinski definition) is 0. The summed E-state index contributed by atoms with van der Waals surface area (Å²) < 4.78 is 0. The van der Waals surface area contributed by atoms with Gasteiger partial charge >= 0.3 is 0 Å². The first-order valence-electron chi connectivity index (χ1n) is 16.3. The third kappa shape index (κ3) is 4.67. The summed E-state index contributed by atoms with van der Waals surface area (Å²) in [6.07, 6.45) is 21.2. The monoisotopic (exact) mass is 508 g/mol. The van der Waals surface area contributed by atoms with Crippen LogP contribution in [0.3, 0.4) is 0 Å². The minimum Gasteiger partial charge on any atom is -0.290 e. The Morgan fingerprint density at radius 1 is 1.08 bits per heavy atom. The van der Waals surface area contributed by atoms with Crippen molar-refractivity contribution in [1.29, 1.82) is 0 Å². The molecule has 6 aliphatic rings. The molecule has 0 aromatic heterocycles. The van der Waals surface area contributed by atoms with Crippen LogP contribution in [0.1, 0.15) is 133 Å². The molecule has 0 aromatic carbocycles. The van der Waals surface area contributed by atoms with Gasteiger partial charge in [0.1, 0.15) is 0 Å². The van der Waals surface area contributed by atoms with Crippen LogP contribution in [0.25, 0.3) is 0 Å². The molecule has 1 nitrogen and oxygen atoms in total. The van der Waals surface area contributed by atoms with E-state index in [1.807, 2.05) is 39.8 Å². The lowest BCUT2D eigenvalue weighted by atomic mass is 9.34. The van der Waals surface area contributed by atoms with Crippen LogP contribution < -0.4 is 0 Å². The van der Waals surface area contributed by atoms with Crippen molar-refractivity contribution in [1.82, 2.24) is 0 Å². The summed E-state index contributed by atoms with van der Waals surface area (Å²) in [6, 6.07) is 0. The standard InChI is InChI=1S/C29H40O.C3H8.2C2H6/c1-18(2)29(15-19(3)20-6-5-7-20)13-11-25-24-9-8-22-14-23(30)10-12-28(22)17-21(26(24)28)16-27(25,29)4;1-3-2;2*1-2/h10,12,14,19-21,24-26H,1,5-9,11,13,15-17H2,2-4H3;3H2,1-2H3;2*1-2H3. The zero-order valence-electron chi connectivity index (χ0n) is 26.1. The Labute approximate surface area is 231 Å². The largest absolute Gasteiger partial charge is 0.290 e. The molecule has 5 saturated carbocycles. The average Bonchev–Trinajstić information content (AvgIpc) is 3.13. The van der Waals surface area contributed by atoms with Crippen molar-refractivity contribution in [3.8, 4) is 0 Å². The second-order valence-electron chi connectivity index (χ2n) is 13.3. The molecule has 0 radical (unpaired) electrons. The molecule has 0 amide bonds. The highest BCUT2D eigenvalue weighted by Crippen LogP contribution is 2.78. The Bertz CT molecular complexity index is 873. The van der Waals surface area contributed by atoms with E-state index in [2.05, 4.69) is 47.3 Å². The Kier molecular flexibility index (Phi) is 9.83. The molecule has 37 heavy (non-hydrogen) atoms. The van der Waals surface area contributed by atoms with Gasteiger partial charge in [0.25, 0.3) is 0 Å². The van der Waals surface area contributed by atoms with Gasteiger partial charge in [-0.2, -0.15) is 0 Å². The van der Waals surface area contributed by atoms with Crippen LogP contribution in [0.15, 0.2) is 36.0 Å². The highest BCUT2D eigenvalue weighted by atomic mass is 16.1. The molecule has 8 unspecified atom stereocenters. The van der Waals surface area contributed by atoms with Crippen molar-refractivity contribution in [3.05, 3.63) is 36.0 Å². The Balaban J connectivity index is 0.000000499. The fourth-order valence-electron chi connectivity index (χ4n) is 10.2. The quantitative estimate of drug-likeness (QED) is 0.345. The molecular formula is C36H60O. The Hall–Kier alpha value is -1.11. The predicted molar refractivity (Wildman–Crippen MR) is 161 cm³/mol. The van der Waals surface area contributed by atoms with Gasteiger partial charge in [-0.3, -0.25) is 4.79 Å². The molecule has 1 spiro atoms. The van der Waals surface area contributed by atoms with Crippen LogP contribution in [-0.2, 0) is 4.79 Å². The highest BCUT2D eigenvalue weighted by molar-refractivity contribution is 6.01. The molecule has 0 aromatic rings. The first-order chi connectivity index (χ1) is 17.7. The topological polar surface area (TPSA) is 17.1 Å². The smallest absolute Gasteiger partial charge is 0.178 e. The third-order valence-corrected chi connectivity index (χ3v) is 11.8. The zero-order chi connectivity index (χ0) is 27.6. The molecule has 210 valence electrons. The number of fused-ring (bicyclic) bond motifs is 2. The van der Waals surface area contributed by atoms with Crippen LogP contribution in [0.4, 0.5) is 0 Å². The molecule has 0 bridgehead atoms. The van der Waals surface area contributed by atoms with E-state index >= 15 is 0 Å². The molecule has 0 N–H and O–H groups in total. The van der Waals surface area contributed by atoms with Crippen molar-refractivity contribution in [2.75, 3.05) is 0 Å². The summed E-state index contributed by atoms with van der Waals surface area (Å²) >= 11 is 0. The van der Waals surface area contributed by atoms with Gasteiger partial charge in [-0.25, -0.2) is 0 Å². The summed E-state index contributed by atoms with van der Waals surface area (Å²) in [6.45, 7) is 24.5. The maximum atomic E-state index is 12.0. The first-order valence-corrected chi connectivity index (χ1v) is 16.3. The molecule has 6 rings (SSSR count). The summed E-state index contributed by atoms with van der Waals surface area (Å²) in [5, 5.41) is 0. The lowest BCUT2D eigenvalue weighted by Gasteiger charge is -2.70. The van der Waals surface area contributed by atoms with Crippen molar-refractivity contribution in [2.24, 2.45) is 51.8 Å². The van der Waals surface area contributed by atoms with Gasteiger partial charge in [-0.05, 0) is 110 Å². The van der Waals surface area contributed by atoms with Gasteiger partial charge < -0.3 is 0 Å². The van der Waals surface area contributed by atoms with E-state index < -0.39 is 0 Å². The number of hydrogen-bond acceptors (Lipinski definition) is 1. The van der Waals surface area contributed by atoms with E-state index in [4.69, 9.17) is 0 Å². The van der Waals surface area contributed by atoms with Crippen molar-refractivity contribution >= 4 is 5.78 Å². The van der Waals surface area contributed by atoms with E-state index in [0.717, 1.165) is 41.9 Å². The number of carbonyl (C=O) groups excluding carboxylic acids is 1. The van der Waals surface area contributed by atoms with Crippen molar-refractivity contribution in [3.63, 3.8) is 0 Å². The molecule has 0 aliphatic heterocycles. The lowest BCUT2D eigenvalue weighted by molar-refractivity contribution is -0.164. The van der Waals surface area contributed by atoms with Gasteiger partial charge in [0, 0.05) is 5.41 Å². The minimum absolute atomic E-state index is 0.227. The van der Waals surface area contributed by atoms with Gasteiger partial charge in [0.15, 0.2) is 5.78 Å². The lowest BCUT2D eigenvalue weighted by Crippen LogP contribution is -2.63. The Morgan fingerprint density at radius 3 is 2.30 bits per heavy atom. The van der Waals surface area contributed by atoms with E-state index in [9.17, 15) is 4.79 Å². The van der Waals surface area contributed by atoms with Gasteiger partial charge in [0.05, 0.1) is 0 Å². The molecule has 5 fully saturated rings. The van der Waals surface area contributed by atoms with Crippen molar-refractivity contribution in [2.45, 2.75) is 133 Å². The summed E-state index contributed by atoms with van der Waals surface area (Å²) in [7, 11) is 0. The molecular weight excluding hydrogens is 448 g/mol. The highest BCUT2D eigenvalue weighted by Gasteiger charge is 2.71. The fourth-order valence-corrected chi connectivity index (χ4v) is 10.2. The first kappa shape index (κ1) is 30.4. The van der Waals surface area contributed by atoms with Crippen LogP contribution in [0.5, 0.6) is 0 Å². The van der Waals surface area contributed by atoms with Crippen molar-refractivity contribution < 1.29 is 4.79 Å². The summed E-state index contributed by atoms with van der Waals surface area (Å²) in [5.41, 5.74) is 4.02. The predicted octanol–water partition coefficient (Wildman–Crippen LogP) is 10.8. The summed E-state index contributed by atoms with van der Waals surface area (Å²) in [4.78, 5) is 12.0. The SMILES string of the molecule is C=C(C)C1(CC(C)C2CCC2)CCC2C3CCC4=CC(=O)C=CC45CC(CC21C)C35.CC.CC.CCC. The number of allylic oxidation sites excluding steroid dienone is 5. The number of ketones is 1. The molecule has 0 heterocycles. The maximum absolute atomic E-state index is 12.0. The third-order valence-electron chi connectivity index (χ3n) is 11.8. The molecule has 6 aliphatic carbocycles. The van der Waals surface area contributed by atoms with Crippen LogP contribution in [0, 0.1) is 51.8 Å². The maximum Gasteiger partial charge on any atom is 0.178 e. The molecule has 1 heteroatoms.